The van der Waals surface area contributed by atoms with Gasteiger partial charge in [0.05, 0.1) is 24.1 Å². The van der Waals surface area contributed by atoms with E-state index in [0.717, 1.165) is 35.6 Å². The lowest BCUT2D eigenvalue weighted by Gasteiger charge is -2.11. The molecule has 1 heterocycles. The zero-order valence-electron chi connectivity index (χ0n) is 15.4. The molecule has 0 aliphatic heterocycles. The summed E-state index contributed by atoms with van der Waals surface area (Å²) in [6, 6.07) is 13.0. The molecule has 2 aromatic carbocycles. The summed E-state index contributed by atoms with van der Waals surface area (Å²) in [5.74, 6) is 1.04. The molecule has 0 spiro atoms. The van der Waals surface area contributed by atoms with E-state index in [9.17, 15) is 13.2 Å². The van der Waals surface area contributed by atoms with Gasteiger partial charge >= 0.3 is 6.18 Å². The van der Waals surface area contributed by atoms with E-state index in [1.807, 2.05) is 37.4 Å². The Morgan fingerprint density at radius 3 is 2.22 bits per heavy atom. The molecule has 0 fully saturated rings. The van der Waals surface area contributed by atoms with Crippen LogP contribution in [0.2, 0.25) is 0 Å². The highest BCUT2D eigenvalue weighted by atomic mass is 19.4. The number of ether oxygens (including phenoxy) is 1. The van der Waals surface area contributed by atoms with Gasteiger partial charge in [-0.25, -0.2) is 4.68 Å². The van der Waals surface area contributed by atoms with Crippen LogP contribution in [0.25, 0.3) is 5.69 Å². The molecule has 0 saturated heterocycles. The van der Waals surface area contributed by atoms with Crippen LogP contribution < -0.4 is 4.74 Å². The van der Waals surface area contributed by atoms with E-state index < -0.39 is 11.7 Å². The second-order valence-corrected chi connectivity index (χ2v) is 6.61. The zero-order chi connectivity index (χ0) is 19.6. The third-order valence-corrected chi connectivity index (χ3v) is 4.63. The number of nitrogens with zero attached hydrogens (tertiary/aromatic N) is 2. The Hall–Kier alpha value is -2.76. The SMILES string of the molecule is COc1ccc(C[C@@H](C)c2cn(-c3ccc(C(F)(F)F)cc3)nc2C)cc1. The van der Waals surface area contributed by atoms with Crippen LogP contribution in [0.5, 0.6) is 5.75 Å². The van der Waals surface area contributed by atoms with Gasteiger partial charge in [0.25, 0.3) is 0 Å². The molecule has 6 heteroatoms. The predicted octanol–water partition coefficient (Wildman–Crippen LogP) is 5.55. The quantitative estimate of drug-likeness (QED) is 0.585. The lowest BCUT2D eigenvalue weighted by atomic mass is 9.94. The molecule has 3 rings (SSSR count). The second-order valence-electron chi connectivity index (χ2n) is 6.61. The van der Waals surface area contributed by atoms with E-state index >= 15 is 0 Å². The first-order valence-electron chi connectivity index (χ1n) is 8.64. The van der Waals surface area contributed by atoms with Crippen molar-refractivity contribution < 1.29 is 17.9 Å². The van der Waals surface area contributed by atoms with Crippen LogP contribution in [0.15, 0.2) is 54.7 Å². The highest BCUT2D eigenvalue weighted by Gasteiger charge is 2.30. The summed E-state index contributed by atoms with van der Waals surface area (Å²) in [5, 5.41) is 4.48. The van der Waals surface area contributed by atoms with Crippen LogP contribution >= 0.6 is 0 Å². The number of halogens is 3. The van der Waals surface area contributed by atoms with Gasteiger partial charge in [0.1, 0.15) is 5.75 Å². The topological polar surface area (TPSA) is 27.1 Å². The summed E-state index contributed by atoms with van der Waals surface area (Å²) in [5.41, 5.74) is 3.07. The van der Waals surface area contributed by atoms with E-state index in [0.29, 0.717) is 5.69 Å². The first-order chi connectivity index (χ1) is 12.8. The van der Waals surface area contributed by atoms with Gasteiger partial charge in [0.2, 0.25) is 0 Å². The minimum Gasteiger partial charge on any atom is -0.497 e. The summed E-state index contributed by atoms with van der Waals surface area (Å²) in [4.78, 5) is 0. The number of hydrogen-bond donors (Lipinski definition) is 0. The Balaban J connectivity index is 1.78. The summed E-state index contributed by atoms with van der Waals surface area (Å²) in [7, 11) is 1.64. The molecular weight excluding hydrogens is 353 g/mol. The molecule has 0 N–H and O–H groups in total. The van der Waals surface area contributed by atoms with Crippen LogP contribution in [-0.4, -0.2) is 16.9 Å². The van der Waals surface area contributed by atoms with Crippen LogP contribution in [0, 0.1) is 6.92 Å². The summed E-state index contributed by atoms with van der Waals surface area (Å²) in [6.07, 6.45) is -1.60. The molecule has 3 aromatic rings. The van der Waals surface area contributed by atoms with Crippen molar-refractivity contribution in [1.29, 1.82) is 0 Å². The third kappa shape index (κ3) is 4.32. The Labute approximate surface area is 156 Å². The molecule has 0 amide bonds. The largest absolute Gasteiger partial charge is 0.497 e. The lowest BCUT2D eigenvalue weighted by molar-refractivity contribution is -0.137. The summed E-state index contributed by atoms with van der Waals surface area (Å²) in [6.45, 7) is 4.03. The van der Waals surface area contributed by atoms with E-state index in [2.05, 4.69) is 12.0 Å². The number of aryl methyl sites for hydroxylation is 1. The molecular formula is C21H21F3N2O. The molecule has 0 radical (unpaired) electrons. The number of rotatable bonds is 5. The maximum absolute atomic E-state index is 12.7. The van der Waals surface area contributed by atoms with E-state index in [1.54, 1.807) is 11.8 Å². The normalized spacial score (nSPS) is 12.8. The van der Waals surface area contributed by atoms with Gasteiger partial charge in [0, 0.05) is 6.20 Å². The number of benzene rings is 2. The van der Waals surface area contributed by atoms with Crippen LogP contribution in [0.1, 0.15) is 35.2 Å². The monoisotopic (exact) mass is 374 g/mol. The maximum Gasteiger partial charge on any atom is 0.416 e. The molecule has 142 valence electrons. The minimum atomic E-state index is -4.34. The molecule has 0 saturated carbocycles. The fourth-order valence-corrected chi connectivity index (χ4v) is 3.12. The average Bonchev–Trinajstić information content (AvgIpc) is 3.03. The van der Waals surface area contributed by atoms with Crippen molar-refractivity contribution in [2.45, 2.75) is 32.4 Å². The molecule has 27 heavy (non-hydrogen) atoms. The highest BCUT2D eigenvalue weighted by Crippen LogP contribution is 2.30. The van der Waals surface area contributed by atoms with Crippen LogP contribution in [0.3, 0.4) is 0 Å². The first-order valence-corrected chi connectivity index (χ1v) is 8.64. The average molecular weight is 374 g/mol. The number of aromatic nitrogens is 2. The van der Waals surface area contributed by atoms with Gasteiger partial charge in [-0.05, 0) is 66.8 Å². The van der Waals surface area contributed by atoms with Crippen LogP contribution in [-0.2, 0) is 12.6 Å². The predicted molar refractivity (Wildman–Crippen MR) is 98.4 cm³/mol. The molecule has 0 bridgehead atoms. The number of methoxy groups -OCH3 is 1. The van der Waals surface area contributed by atoms with Gasteiger partial charge < -0.3 is 4.74 Å². The van der Waals surface area contributed by atoms with Gasteiger partial charge in [-0.15, -0.1) is 0 Å². The molecule has 3 nitrogen and oxygen atoms in total. The Morgan fingerprint density at radius 2 is 1.67 bits per heavy atom. The number of alkyl halides is 3. The minimum absolute atomic E-state index is 0.224. The van der Waals surface area contributed by atoms with E-state index in [-0.39, 0.29) is 5.92 Å². The fraction of sp³-hybridized carbons (Fsp3) is 0.286. The number of hydrogen-bond acceptors (Lipinski definition) is 2. The smallest absolute Gasteiger partial charge is 0.416 e. The molecule has 1 atom stereocenters. The van der Waals surface area contributed by atoms with Crippen molar-refractivity contribution in [3.05, 3.63) is 77.1 Å². The van der Waals surface area contributed by atoms with E-state index in [1.165, 1.54) is 17.7 Å². The highest BCUT2D eigenvalue weighted by molar-refractivity contribution is 5.37. The van der Waals surface area contributed by atoms with Gasteiger partial charge in [-0.1, -0.05) is 19.1 Å². The van der Waals surface area contributed by atoms with Crippen molar-refractivity contribution in [2.75, 3.05) is 7.11 Å². The molecule has 1 aromatic heterocycles. The standard InChI is InChI=1S/C21H21F3N2O/c1-14(12-16-4-10-19(27-3)11-5-16)20-13-26(25-15(20)2)18-8-6-17(7-9-18)21(22,23)24/h4-11,13-14H,12H2,1-3H3/t14-/m1/s1. The Kier molecular flexibility index (Phi) is 5.26. The fourth-order valence-electron chi connectivity index (χ4n) is 3.12. The molecule has 0 aliphatic rings. The van der Waals surface area contributed by atoms with Gasteiger partial charge in [-0.3, -0.25) is 0 Å². The van der Waals surface area contributed by atoms with Crippen molar-refractivity contribution in [1.82, 2.24) is 9.78 Å². The summed E-state index contributed by atoms with van der Waals surface area (Å²) < 4.78 is 45.0. The van der Waals surface area contributed by atoms with Crippen molar-refractivity contribution in [2.24, 2.45) is 0 Å². The Morgan fingerprint density at radius 1 is 1.04 bits per heavy atom. The molecule has 0 unspecified atom stereocenters. The Bertz CT molecular complexity index is 897. The van der Waals surface area contributed by atoms with Crippen LogP contribution in [0.4, 0.5) is 13.2 Å². The van der Waals surface area contributed by atoms with E-state index in [4.69, 9.17) is 4.74 Å². The zero-order valence-corrected chi connectivity index (χ0v) is 15.4. The molecule has 0 aliphatic carbocycles. The summed E-state index contributed by atoms with van der Waals surface area (Å²) >= 11 is 0. The maximum atomic E-state index is 12.7. The lowest BCUT2D eigenvalue weighted by Crippen LogP contribution is -2.05. The van der Waals surface area contributed by atoms with Crippen molar-refractivity contribution in [3.8, 4) is 11.4 Å². The van der Waals surface area contributed by atoms with Crippen molar-refractivity contribution in [3.63, 3.8) is 0 Å². The second kappa shape index (κ2) is 7.47. The first kappa shape index (κ1) is 19.0. The van der Waals surface area contributed by atoms with Crippen molar-refractivity contribution >= 4 is 0 Å². The van der Waals surface area contributed by atoms with Gasteiger partial charge in [-0.2, -0.15) is 18.3 Å². The third-order valence-electron chi connectivity index (χ3n) is 4.63. The van der Waals surface area contributed by atoms with Gasteiger partial charge in [0.15, 0.2) is 0 Å².